The standard InChI is InChI=1S/C15H26FO2P/c1-14(2,3)11-8-9-13(18-19(7,16)17)12(10-11)15(4,5)6/h8-10,17,19H,1-7H3. The van der Waals surface area contributed by atoms with E-state index in [-0.39, 0.29) is 10.8 Å². The fourth-order valence-electron chi connectivity index (χ4n) is 1.87. The van der Waals surface area contributed by atoms with Crippen LogP contribution >= 0.6 is 8.03 Å². The molecule has 0 saturated carbocycles. The van der Waals surface area contributed by atoms with Crippen molar-refractivity contribution in [2.75, 3.05) is 6.66 Å². The summed E-state index contributed by atoms with van der Waals surface area (Å²) in [4.78, 5) is 9.34. The summed E-state index contributed by atoms with van der Waals surface area (Å²) in [5, 5.41) is 0. The van der Waals surface area contributed by atoms with Crippen LogP contribution in [0.1, 0.15) is 52.7 Å². The quantitative estimate of drug-likeness (QED) is 0.796. The summed E-state index contributed by atoms with van der Waals surface area (Å²) in [6.45, 7) is 13.7. The van der Waals surface area contributed by atoms with Gasteiger partial charge in [0.25, 0.3) is 0 Å². The van der Waals surface area contributed by atoms with Gasteiger partial charge in [-0.3, -0.25) is 0 Å². The number of halogens is 1. The monoisotopic (exact) mass is 288 g/mol. The molecular weight excluding hydrogens is 262 g/mol. The Bertz CT molecular complexity index is 451. The minimum atomic E-state index is -4.07. The SMILES string of the molecule is CC(C)(C)c1ccc(O[PH](C)(O)F)c(C(C)(C)C)c1. The number of hydrogen-bond acceptors (Lipinski definition) is 2. The van der Waals surface area contributed by atoms with Crippen LogP contribution in [0.3, 0.4) is 0 Å². The summed E-state index contributed by atoms with van der Waals surface area (Å²) in [7, 11) is -4.07. The van der Waals surface area contributed by atoms with Gasteiger partial charge in [0.05, 0.1) is 0 Å². The van der Waals surface area contributed by atoms with Crippen LogP contribution in [0.4, 0.5) is 4.20 Å². The molecule has 0 radical (unpaired) electrons. The second kappa shape index (κ2) is 5.03. The van der Waals surface area contributed by atoms with Gasteiger partial charge in [0.15, 0.2) is 0 Å². The topological polar surface area (TPSA) is 29.5 Å². The zero-order chi connectivity index (χ0) is 15.1. The molecule has 19 heavy (non-hydrogen) atoms. The predicted molar refractivity (Wildman–Crippen MR) is 82.0 cm³/mol. The fraction of sp³-hybridized carbons (Fsp3) is 0.600. The third-order valence-electron chi connectivity index (χ3n) is 2.95. The van der Waals surface area contributed by atoms with Crippen LogP contribution in [0.25, 0.3) is 0 Å². The van der Waals surface area contributed by atoms with Crippen LogP contribution in [0.5, 0.6) is 5.75 Å². The summed E-state index contributed by atoms with van der Waals surface area (Å²) in [5.41, 5.74) is 1.94. The van der Waals surface area contributed by atoms with Gasteiger partial charge in [-0.05, 0) is 0 Å². The van der Waals surface area contributed by atoms with Crippen molar-refractivity contribution >= 4 is 8.03 Å². The Hall–Kier alpha value is -0.660. The van der Waals surface area contributed by atoms with Crippen molar-refractivity contribution in [1.29, 1.82) is 0 Å². The third-order valence-corrected chi connectivity index (χ3v) is 3.54. The minimum absolute atomic E-state index is 0.0220. The Morgan fingerprint density at radius 2 is 1.58 bits per heavy atom. The average Bonchev–Trinajstić information content (AvgIpc) is 2.11. The van der Waals surface area contributed by atoms with E-state index < -0.39 is 8.03 Å². The molecule has 0 atom stereocenters. The molecule has 0 heterocycles. The predicted octanol–water partition coefficient (Wildman–Crippen LogP) is 4.75. The van der Waals surface area contributed by atoms with Crippen molar-refractivity contribution in [2.24, 2.45) is 0 Å². The molecule has 0 aliphatic heterocycles. The summed E-state index contributed by atoms with van der Waals surface area (Å²) in [6, 6.07) is 5.75. The maximum atomic E-state index is 13.4. The average molecular weight is 288 g/mol. The van der Waals surface area contributed by atoms with Crippen LogP contribution in [0, 0.1) is 0 Å². The van der Waals surface area contributed by atoms with Gasteiger partial charge in [0, 0.05) is 0 Å². The zero-order valence-corrected chi connectivity index (χ0v) is 14.0. The second-order valence-electron chi connectivity index (χ2n) is 7.18. The molecule has 0 fully saturated rings. The van der Waals surface area contributed by atoms with E-state index in [1.165, 1.54) is 5.56 Å². The molecule has 0 amide bonds. The van der Waals surface area contributed by atoms with E-state index in [1.807, 2.05) is 6.07 Å². The first-order valence-corrected chi connectivity index (χ1v) is 8.79. The van der Waals surface area contributed by atoms with Crippen molar-refractivity contribution in [1.82, 2.24) is 0 Å². The number of hydrogen-bond donors (Lipinski definition) is 1. The van der Waals surface area contributed by atoms with Gasteiger partial charge in [-0.25, -0.2) is 0 Å². The molecule has 1 rings (SSSR count). The molecule has 0 aliphatic carbocycles. The normalized spacial score (nSPS) is 14.4. The van der Waals surface area contributed by atoms with Crippen LogP contribution in [0.15, 0.2) is 18.2 Å². The van der Waals surface area contributed by atoms with Crippen molar-refractivity contribution in [2.45, 2.75) is 52.4 Å². The van der Waals surface area contributed by atoms with E-state index in [2.05, 4.69) is 47.6 Å². The van der Waals surface area contributed by atoms with E-state index in [0.29, 0.717) is 5.75 Å². The van der Waals surface area contributed by atoms with Crippen molar-refractivity contribution in [3.05, 3.63) is 29.3 Å². The molecule has 0 aliphatic rings. The molecule has 0 aromatic heterocycles. The molecule has 0 bridgehead atoms. The Kier molecular flexibility index (Phi) is 4.34. The van der Waals surface area contributed by atoms with Crippen molar-refractivity contribution in [3.8, 4) is 5.75 Å². The molecule has 0 saturated heterocycles. The van der Waals surface area contributed by atoms with Crippen LogP contribution in [-0.2, 0) is 10.8 Å². The van der Waals surface area contributed by atoms with Crippen LogP contribution < -0.4 is 4.52 Å². The Morgan fingerprint density at radius 1 is 1.05 bits per heavy atom. The molecule has 2 nitrogen and oxygen atoms in total. The van der Waals surface area contributed by atoms with Gasteiger partial charge in [0.2, 0.25) is 0 Å². The van der Waals surface area contributed by atoms with Gasteiger partial charge >= 0.3 is 116 Å². The summed E-state index contributed by atoms with van der Waals surface area (Å²) in [5.74, 6) is 0.444. The van der Waals surface area contributed by atoms with Crippen LogP contribution in [-0.4, -0.2) is 11.6 Å². The maximum absolute atomic E-state index is 13.4. The van der Waals surface area contributed by atoms with E-state index in [0.717, 1.165) is 12.2 Å². The summed E-state index contributed by atoms with van der Waals surface area (Å²) in [6.07, 6.45) is 0. The number of rotatable bonds is 2. The molecule has 1 N–H and O–H groups in total. The van der Waals surface area contributed by atoms with Gasteiger partial charge < -0.3 is 0 Å². The summed E-state index contributed by atoms with van der Waals surface area (Å²) >= 11 is 0. The Balaban J connectivity index is 3.34. The third kappa shape index (κ3) is 4.74. The number of benzene rings is 1. The molecule has 0 spiro atoms. The second-order valence-corrected chi connectivity index (χ2v) is 9.13. The first-order valence-electron chi connectivity index (χ1n) is 6.56. The van der Waals surface area contributed by atoms with E-state index >= 15 is 0 Å². The van der Waals surface area contributed by atoms with Gasteiger partial charge in [0.1, 0.15) is 0 Å². The van der Waals surface area contributed by atoms with E-state index in [1.54, 1.807) is 6.07 Å². The molecule has 1 aromatic rings. The molecule has 0 unspecified atom stereocenters. The Labute approximate surface area is 116 Å². The summed E-state index contributed by atoms with van der Waals surface area (Å²) < 4.78 is 18.6. The van der Waals surface area contributed by atoms with Crippen molar-refractivity contribution in [3.63, 3.8) is 0 Å². The Morgan fingerprint density at radius 3 is 1.95 bits per heavy atom. The molecular formula is C15H26FO2P. The van der Waals surface area contributed by atoms with E-state index in [4.69, 9.17) is 4.52 Å². The molecule has 110 valence electrons. The zero-order valence-electron chi connectivity index (χ0n) is 13.0. The van der Waals surface area contributed by atoms with Gasteiger partial charge in [-0.1, -0.05) is 0 Å². The van der Waals surface area contributed by atoms with E-state index in [9.17, 15) is 9.09 Å². The van der Waals surface area contributed by atoms with Gasteiger partial charge in [-0.15, -0.1) is 0 Å². The fourth-order valence-corrected chi connectivity index (χ4v) is 2.45. The molecule has 4 heteroatoms. The first kappa shape index (κ1) is 16.4. The molecule has 1 aromatic carbocycles. The van der Waals surface area contributed by atoms with Gasteiger partial charge in [-0.2, -0.15) is 0 Å². The van der Waals surface area contributed by atoms with Crippen molar-refractivity contribution < 1.29 is 13.6 Å². The van der Waals surface area contributed by atoms with Crippen LogP contribution in [0.2, 0.25) is 0 Å². The first-order chi connectivity index (χ1) is 8.31.